The molecule has 1 saturated heterocycles. The van der Waals surface area contributed by atoms with E-state index in [1.54, 1.807) is 0 Å². The standard InChI is InChI=1S/C2H4O6P2.Mn/c3-1-2-6-9(4)8-10(5)7-2;/h2-3H,1H2;/q2*+2. The summed E-state index contributed by atoms with van der Waals surface area (Å²) in [6, 6.07) is 0. The fraction of sp³-hybridized carbons (Fsp3) is 1.00. The van der Waals surface area contributed by atoms with E-state index in [0.29, 0.717) is 0 Å². The molecule has 2 atom stereocenters. The van der Waals surface area contributed by atoms with Crippen LogP contribution in [0, 0.1) is 0 Å². The molecular weight excluding hydrogens is 237 g/mol. The summed E-state index contributed by atoms with van der Waals surface area (Å²) in [6.45, 7) is -0.495. The van der Waals surface area contributed by atoms with Gasteiger partial charge in [-0.25, -0.2) is 0 Å². The maximum atomic E-state index is 10.4. The molecule has 0 aromatic rings. The van der Waals surface area contributed by atoms with Crippen molar-refractivity contribution in [2.45, 2.75) is 6.29 Å². The molecule has 9 heteroatoms. The molecule has 1 aliphatic rings. The fourth-order valence-electron chi connectivity index (χ4n) is 0.371. The van der Waals surface area contributed by atoms with Crippen molar-refractivity contribution >= 4 is 16.5 Å². The van der Waals surface area contributed by atoms with Gasteiger partial charge < -0.3 is 5.11 Å². The van der Waals surface area contributed by atoms with E-state index in [1.807, 2.05) is 0 Å². The van der Waals surface area contributed by atoms with Gasteiger partial charge in [-0.3, -0.25) is 0 Å². The molecule has 0 bridgehead atoms. The first-order chi connectivity index (χ1) is 4.72. The third kappa shape index (κ3) is 3.65. The summed E-state index contributed by atoms with van der Waals surface area (Å²) in [7, 11) is -4.79. The normalized spacial score (nSPS) is 31.2. The summed E-state index contributed by atoms with van der Waals surface area (Å²) in [5, 5.41) is 8.36. The van der Waals surface area contributed by atoms with Crippen LogP contribution in [0.3, 0.4) is 0 Å². The Bertz CT molecular complexity index is 156. The van der Waals surface area contributed by atoms with Crippen LogP contribution in [-0.4, -0.2) is 18.0 Å². The maximum absolute atomic E-state index is 10.4. The van der Waals surface area contributed by atoms with E-state index >= 15 is 0 Å². The van der Waals surface area contributed by atoms with Crippen LogP contribution in [-0.2, 0) is 39.6 Å². The van der Waals surface area contributed by atoms with Crippen molar-refractivity contribution < 1.29 is 44.7 Å². The van der Waals surface area contributed by atoms with Crippen molar-refractivity contribution in [1.29, 1.82) is 0 Å². The van der Waals surface area contributed by atoms with Crippen LogP contribution in [0.1, 0.15) is 0 Å². The number of hydrogen-bond acceptors (Lipinski definition) is 6. The van der Waals surface area contributed by atoms with Crippen molar-refractivity contribution in [3.8, 4) is 0 Å². The zero-order valence-corrected chi connectivity index (χ0v) is 8.01. The van der Waals surface area contributed by atoms with Crippen LogP contribution in [0.15, 0.2) is 0 Å². The molecule has 1 fully saturated rings. The first-order valence-electron chi connectivity index (χ1n) is 2.29. The second kappa shape index (κ2) is 5.25. The topological polar surface area (TPSA) is 82.1 Å². The quantitative estimate of drug-likeness (QED) is 0.536. The van der Waals surface area contributed by atoms with Gasteiger partial charge in [0.25, 0.3) is 6.29 Å². The first kappa shape index (κ1) is 11.6. The van der Waals surface area contributed by atoms with E-state index in [4.69, 9.17) is 5.11 Å². The Balaban J connectivity index is 0.000001000. The van der Waals surface area contributed by atoms with Crippen molar-refractivity contribution in [2.24, 2.45) is 0 Å². The smallest absolute Gasteiger partial charge is 0.391 e. The predicted octanol–water partition coefficient (Wildman–Crippen LogP) is 0.680. The zero-order chi connectivity index (χ0) is 7.56. The minimum atomic E-state index is -2.39. The largest absolute Gasteiger partial charge is 2.00 e. The van der Waals surface area contributed by atoms with Gasteiger partial charge in [0.2, 0.25) is 0 Å². The number of hydrogen-bond donors (Lipinski definition) is 1. The number of aliphatic hydroxyl groups excluding tert-OH is 1. The molecule has 0 aliphatic carbocycles. The van der Waals surface area contributed by atoms with Gasteiger partial charge in [0.15, 0.2) is 4.31 Å². The number of aliphatic hydroxyl groups is 1. The molecule has 1 aliphatic heterocycles. The SMILES string of the molecule is O=[P+]1OC(CO)O[P+](=O)O1.[Mn+2]. The number of rotatable bonds is 1. The summed E-state index contributed by atoms with van der Waals surface area (Å²) >= 11 is 0. The predicted molar refractivity (Wildman–Crippen MR) is 29.3 cm³/mol. The molecule has 0 amide bonds. The average Bonchev–Trinajstić information content (AvgIpc) is 1.85. The van der Waals surface area contributed by atoms with E-state index in [9.17, 15) is 9.13 Å². The van der Waals surface area contributed by atoms with Gasteiger partial charge in [0, 0.05) is 9.13 Å². The molecule has 11 heavy (non-hydrogen) atoms. The Morgan fingerprint density at radius 1 is 1.27 bits per heavy atom. The first-order valence-corrected chi connectivity index (χ1v) is 4.48. The third-order valence-corrected chi connectivity index (χ3v) is 2.57. The maximum Gasteiger partial charge on any atom is 2.00 e. The zero-order valence-electron chi connectivity index (χ0n) is 5.05. The summed E-state index contributed by atoms with van der Waals surface area (Å²) in [5.74, 6) is 0. The van der Waals surface area contributed by atoms with Crippen molar-refractivity contribution in [3.63, 3.8) is 0 Å². The van der Waals surface area contributed by atoms with Gasteiger partial charge in [-0.2, -0.15) is 0 Å². The summed E-state index contributed by atoms with van der Waals surface area (Å²) in [6.07, 6.45) is -1.10. The van der Waals surface area contributed by atoms with E-state index < -0.39 is 29.4 Å². The molecule has 0 spiro atoms. The summed E-state index contributed by atoms with van der Waals surface area (Å²) < 4.78 is 33.5. The van der Waals surface area contributed by atoms with E-state index in [-0.39, 0.29) is 17.1 Å². The average molecular weight is 241 g/mol. The Hall–Kier alpha value is 0.559. The van der Waals surface area contributed by atoms with Gasteiger partial charge in [-0.05, 0) is 0 Å². The third-order valence-electron chi connectivity index (χ3n) is 0.690. The Morgan fingerprint density at radius 3 is 2.09 bits per heavy atom. The van der Waals surface area contributed by atoms with Crippen LogP contribution in [0.4, 0.5) is 0 Å². The van der Waals surface area contributed by atoms with Crippen LogP contribution < -0.4 is 0 Å². The van der Waals surface area contributed by atoms with Gasteiger partial charge in [0.1, 0.15) is 6.61 Å². The molecule has 0 aromatic heterocycles. The molecule has 6 nitrogen and oxygen atoms in total. The molecule has 61 valence electrons. The second-order valence-corrected chi connectivity index (χ2v) is 3.32. The van der Waals surface area contributed by atoms with E-state index in [2.05, 4.69) is 13.4 Å². The summed E-state index contributed by atoms with van der Waals surface area (Å²) in [4.78, 5) is 0. The fourth-order valence-corrected chi connectivity index (χ4v) is 1.79. The van der Waals surface area contributed by atoms with Gasteiger partial charge in [-0.1, -0.05) is 9.05 Å². The Kier molecular flexibility index (Phi) is 5.52. The second-order valence-electron chi connectivity index (χ2n) is 1.35. The molecule has 1 radical (unpaired) electrons. The summed E-state index contributed by atoms with van der Waals surface area (Å²) in [5.41, 5.74) is 0. The minimum absolute atomic E-state index is 0. The minimum Gasteiger partial charge on any atom is -0.391 e. The van der Waals surface area contributed by atoms with Crippen LogP contribution in [0.2, 0.25) is 0 Å². The molecule has 2 unspecified atom stereocenters. The molecule has 1 N–H and O–H groups in total. The molecular formula is C2H4MnO6P2+4. The Morgan fingerprint density at radius 2 is 1.73 bits per heavy atom. The molecule has 0 aromatic carbocycles. The monoisotopic (exact) mass is 241 g/mol. The Labute approximate surface area is 74.6 Å². The van der Waals surface area contributed by atoms with Gasteiger partial charge in [0.05, 0.1) is 0 Å². The van der Waals surface area contributed by atoms with Crippen LogP contribution in [0.5, 0.6) is 0 Å². The van der Waals surface area contributed by atoms with E-state index in [0.717, 1.165) is 0 Å². The molecule has 1 heterocycles. The van der Waals surface area contributed by atoms with E-state index in [1.165, 1.54) is 0 Å². The molecule has 0 saturated carbocycles. The van der Waals surface area contributed by atoms with Gasteiger partial charge in [-0.15, -0.1) is 0 Å². The van der Waals surface area contributed by atoms with Crippen molar-refractivity contribution in [2.75, 3.05) is 6.61 Å². The molecule has 1 rings (SSSR count). The van der Waals surface area contributed by atoms with Crippen molar-refractivity contribution in [3.05, 3.63) is 0 Å². The van der Waals surface area contributed by atoms with Crippen LogP contribution in [0.25, 0.3) is 0 Å². The van der Waals surface area contributed by atoms with Crippen molar-refractivity contribution in [1.82, 2.24) is 0 Å². The van der Waals surface area contributed by atoms with Crippen LogP contribution >= 0.6 is 16.5 Å². The van der Waals surface area contributed by atoms with Gasteiger partial charge >= 0.3 is 33.6 Å².